The van der Waals surface area contributed by atoms with Crippen LogP contribution in [0.15, 0.2) is 47.4 Å². The lowest BCUT2D eigenvalue weighted by molar-refractivity contribution is -0.132. The van der Waals surface area contributed by atoms with E-state index in [1.807, 2.05) is 30.0 Å². The van der Waals surface area contributed by atoms with Crippen LogP contribution in [0.5, 0.6) is 0 Å². The predicted octanol–water partition coefficient (Wildman–Crippen LogP) is 2.54. The lowest BCUT2D eigenvalue weighted by Crippen LogP contribution is -2.39. The summed E-state index contributed by atoms with van der Waals surface area (Å²) in [6.45, 7) is 5.94. The van der Waals surface area contributed by atoms with E-state index in [1.165, 1.54) is 4.68 Å². The normalized spacial score (nSPS) is 16.5. The minimum Gasteiger partial charge on any atom is -0.383 e. The molecule has 0 N–H and O–H groups in total. The molecule has 7 nitrogen and oxygen atoms in total. The van der Waals surface area contributed by atoms with Crippen molar-refractivity contribution in [1.82, 2.24) is 14.7 Å². The van der Waals surface area contributed by atoms with Crippen molar-refractivity contribution in [3.8, 4) is 0 Å². The van der Waals surface area contributed by atoms with Crippen LogP contribution in [0, 0.1) is 5.92 Å². The van der Waals surface area contributed by atoms with Crippen molar-refractivity contribution >= 4 is 11.6 Å². The molecule has 3 rings (SSSR count). The average molecular weight is 413 g/mol. The number of rotatable bonds is 9. The molecule has 0 radical (unpaired) electrons. The number of methoxy groups -OCH3 is 1. The standard InChI is InChI=1S/C23H32N4O3/c1-3-25(17-19-8-5-4-6-9-19)22(28)14-20-10-7-11-26(18-20)21-15-23(29)27(24-16-21)12-13-30-2/h4-6,8-9,15-16,20H,3,7,10-14,17-18H2,1-2H3. The highest BCUT2D eigenvalue weighted by atomic mass is 16.5. The third kappa shape index (κ3) is 5.92. The van der Waals surface area contributed by atoms with Crippen LogP contribution < -0.4 is 10.5 Å². The summed E-state index contributed by atoms with van der Waals surface area (Å²) >= 11 is 0. The summed E-state index contributed by atoms with van der Waals surface area (Å²) in [5.41, 5.74) is 1.86. The first-order valence-electron chi connectivity index (χ1n) is 10.7. The Bertz CT molecular complexity index is 868. The van der Waals surface area contributed by atoms with E-state index in [9.17, 15) is 9.59 Å². The predicted molar refractivity (Wildman–Crippen MR) is 117 cm³/mol. The molecule has 0 spiro atoms. The van der Waals surface area contributed by atoms with Gasteiger partial charge in [-0.3, -0.25) is 9.59 Å². The van der Waals surface area contributed by atoms with Crippen LogP contribution >= 0.6 is 0 Å². The highest BCUT2D eigenvalue weighted by Gasteiger charge is 2.25. The van der Waals surface area contributed by atoms with Gasteiger partial charge in [-0.25, -0.2) is 4.68 Å². The number of amides is 1. The summed E-state index contributed by atoms with van der Waals surface area (Å²) in [6, 6.07) is 11.7. The summed E-state index contributed by atoms with van der Waals surface area (Å²) in [7, 11) is 1.61. The van der Waals surface area contributed by atoms with Gasteiger partial charge in [0.2, 0.25) is 5.91 Å². The molecule has 1 fully saturated rings. The maximum absolute atomic E-state index is 12.9. The van der Waals surface area contributed by atoms with Crippen LogP contribution in [-0.2, 0) is 22.6 Å². The van der Waals surface area contributed by atoms with Crippen LogP contribution in [0.4, 0.5) is 5.69 Å². The summed E-state index contributed by atoms with van der Waals surface area (Å²) in [5, 5.41) is 4.27. The molecule has 1 aromatic carbocycles. The smallest absolute Gasteiger partial charge is 0.268 e. The molecule has 1 aliphatic rings. The minimum atomic E-state index is -0.122. The molecule has 1 aliphatic heterocycles. The van der Waals surface area contributed by atoms with Gasteiger partial charge in [0.15, 0.2) is 0 Å². The number of anilines is 1. The fourth-order valence-electron chi connectivity index (χ4n) is 3.97. The molecule has 2 heterocycles. The van der Waals surface area contributed by atoms with Gasteiger partial charge in [0.05, 0.1) is 25.0 Å². The molecule has 30 heavy (non-hydrogen) atoms. The van der Waals surface area contributed by atoms with Gasteiger partial charge in [-0.05, 0) is 31.2 Å². The number of nitrogens with zero attached hydrogens (tertiary/aromatic N) is 4. The Labute approximate surface area is 178 Å². The van der Waals surface area contributed by atoms with Crippen LogP contribution in [-0.4, -0.2) is 53.9 Å². The van der Waals surface area contributed by atoms with Crippen molar-refractivity contribution in [3.05, 3.63) is 58.5 Å². The minimum absolute atomic E-state index is 0.122. The van der Waals surface area contributed by atoms with E-state index >= 15 is 0 Å². The van der Waals surface area contributed by atoms with E-state index in [0.29, 0.717) is 32.7 Å². The van der Waals surface area contributed by atoms with E-state index in [0.717, 1.165) is 37.2 Å². The van der Waals surface area contributed by atoms with Crippen LogP contribution in [0.2, 0.25) is 0 Å². The van der Waals surface area contributed by atoms with Crippen molar-refractivity contribution in [2.45, 2.75) is 39.3 Å². The molecule has 1 aromatic heterocycles. The summed E-state index contributed by atoms with van der Waals surface area (Å²) < 4.78 is 6.44. The molecule has 0 saturated carbocycles. The third-order valence-electron chi connectivity index (χ3n) is 5.66. The number of piperidine rings is 1. The largest absolute Gasteiger partial charge is 0.383 e. The number of hydrogen-bond donors (Lipinski definition) is 0. The number of aromatic nitrogens is 2. The molecule has 0 aliphatic carbocycles. The topological polar surface area (TPSA) is 67.7 Å². The molecule has 1 atom stereocenters. The summed E-state index contributed by atoms with van der Waals surface area (Å²) in [5.74, 6) is 0.480. The van der Waals surface area contributed by atoms with Crippen LogP contribution in [0.25, 0.3) is 0 Å². The second-order valence-electron chi connectivity index (χ2n) is 7.82. The molecule has 1 unspecified atom stereocenters. The van der Waals surface area contributed by atoms with Gasteiger partial charge in [-0.15, -0.1) is 0 Å². The van der Waals surface area contributed by atoms with Crippen molar-refractivity contribution in [2.24, 2.45) is 5.92 Å². The first-order chi connectivity index (χ1) is 14.6. The third-order valence-corrected chi connectivity index (χ3v) is 5.66. The zero-order chi connectivity index (χ0) is 21.3. The summed E-state index contributed by atoms with van der Waals surface area (Å²) in [6.07, 6.45) is 4.32. The number of carbonyl (C=O) groups is 1. The zero-order valence-electron chi connectivity index (χ0n) is 18.0. The molecule has 7 heteroatoms. The second kappa shape index (κ2) is 10.9. The molecular weight excluding hydrogens is 380 g/mol. The number of benzene rings is 1. The Balaban J connectivity index is 1.59. The fraction of sp³-hybridized carbons (Fsp3) is 0.522. The second-order valence-corrected chi connectivity index (χ2v) is 7.82. The van der Waals surface area contributed by atoms with E-state index in [-0.39, 0.29) is 17.4 Å². The first-order valence-corrected chi connectivity index (χ1v) is 10.7. The van der Waals surface area contributed by atoms with E-state index in [2.05, 4.69) is 22.1 Å². The molecule has 2 aromatic rings. The van der Waals surface area contributed by atoms with Gasteiger partial charge in [-0.1, -0.05) is 30.3 Å². The van der Waals surface area contributed by atoms with Gasteiger partial charge in [0.1, 0.15) is 0 Å². The maximum atomic E-state index is 12.9. The van der Waals surface area contributed by atoms with Gasteiger partial charge < -0.3 is 14.5 Å². The van der Waals surface area contributed by atoms with Crippen molar-refractivity contribution in [3.63, 3.8) is 0 Å². The quantitative estimate of drug-likeness (QED) is 0.633. The van der Waals surface area contributed by atoms with E-state index < -0.39 is 0 Å². The Morgan fingerprint density at radius 1 is 1.30 bits per heavy atom. The highest BCUT2D eigenvalue weighted by molar-refractivity contribution is 5.76. The van der Waals surface area contributed by atoms with Crippen molar-refractivity contribution in [2.75, 3.05) is 38.3 Å². The Kier molecular flexibility index (Phi) is 8.02. The summed E-state index contributed by atoms with van der Waals surface area (Å²) in [4.78, 5) is 29.3. The van der Waals surface area contributed by atoms with Crippen molar-refractivity contribution in [1.29, 1.82) is 0 Å². The molecule has 162 valence electrons. The number of hydrogen-bond acceptors (Lipinski definition) is 5. The van der Waals surface area contributed by atoms with Gasteiger partial charge in [-0.2, -0.15) is 5.10 Å². The first kappa shape index (κ1) is 22.0. The Morgan fingerprint density at radius 2 is 2.10 bits per heavy atom. The zero-order valence-corrected chi connectivity index (χ0v) is 18.0. The average Bonchev–Trinajstić information content (AvgIpc) is 2.77. The van der Waals surface area contributed by atoms with Gasteiger partial charge >= 0.3 is 0 Å². The molecule has 0 bridgehead atoms. The number of carbonyl (C=O) groups excluding carboxylic acids is 1. The van der Waals surface area contributed by atoms with Gasteiger partial charge in [0.25, 0.3) is 5.56 Å². The van der Waals surface area contributed by atoms with Crippen molar-refractivity contribution < 1.29 is 9.53 Å². The van der Waals surface area contributed by atoms with E-state index in [4.69, 9.17) is 4.74 Å². The SMILES string of the molecule is CCN(Cc1ccccc1)C(=O)CC1CCCN(c2cnn(CCOC)c(=O)c2)C1. The van der Waals surface area contributed by atoms with Crippen LogP contribution in [0.3, 0.4) is 0 Å². The fourth-order valence-corrected chi connectivity index (χ4v) is 3.97. The lowest BCUT2D eigenvalue weighted by Gasteiger charge is -2.34. The number of ether oxygens (including phenoxy) is 1. The van der Waals surface area contributed by atoms with Crippen LogP contribution in [0.1, 0.15) is 31.7 Å². The Hall–Kier alpha value is -2.67. The monoisotopic (exact) mass is 412 g/mol. The highest BCUT2D eigenvalue weighted by Crippen LogP contribution is 2.24. The van der Waals surface area contributed by atoms with Gasteiger partial charge in [0, 0.05) is 45.8 Å². The molecular formula is C23H32N4O3. The maximum Gasteiger partial charge on any atom is 0.268 e. The Morgan fingerprint density at radius 3 is 2.80 bits per heavy atom. The molecule has 1 amide bonds. The molecule has 1 saturated heterocycles. The van der Waals surface area contributed by atoms with E-state index in [1.54, 1.807) is 19.4 Å². The lowest BCUT2D eigenvalue weighted by atomic mass is 9.94.